The van der Waals surface area contributed by atoms with Gasteiger partial charge in [0.15, 0.2) is 18.0 Å². The largest absolute Gasteiger partial charge is 0.472 e. The molecule has 126 valence electrons. The van der Waals surface area contributed by atoms with E-state index in [9.17, 15) is 10.1 Å². The standard InChI is InChI=1S/C19H13N3O2S2/c1-2-24-17(23)14(11-20)18-25-19(26-18)21-9-3-5-12-7-8-13-6-4-10-22(19)16(13)15(12)21/h3-10H,2H2,1H3/q+2. The second-order valence-electron chi connectivity index (χ2n) is 5.94. The Morgan fingerprint density at radius 2 is 1.69 bits per heavy atom. The maximum Gasteiger partial charge on any atom is 0.472 e. The first-order chi connectivity index (χ1) is 12.7. The number of fused-ring (bicyclic) bond motifs is 2. The second-order valence-corrected chi connectivity index (χ2v) is 8.83. The molecule has 7 heteroatoms. The van der Waals surface area contributed by atoms with E-state index in [0.29, 0.717) is 4.24 Å². The fraction of sp³-hybridized carbons (Fsp3) is 0.158. The normalized spacial score (nSPS) is 16.1. The van der Waals surface area contributed by atoms with Crippen molar-refractivity contribution in [3.8, 4) is 6.07 Å². The molecule has 1 saturated heterocycles. The van der Waals surface area contributed by atoms with Gasteiger partial charge in [-0.25, -0.2) is 4.79 Å². The lowest BCUT2D eigenvalue weighted by Gasteiger charge is -2.27. The molecule has 4 heterocycles. The highest BCUT2D eigenvalue weighted by atomic mass is 32.3. The van der Waals surface area contributed by atoms with E-state index in [1.54, 1.807) is 6.92 Å². The van der Waals surface area contributed by atoms with Gasteiger partial charge in [-0.05, 0) is 31.2 Å². The van der Waals surface area contributed by atoms with E-state index in [4.69, 9.17) is 4.74 Å². The van der Waals surface area contributed by atoms with E-state index >= 15 is 0 Å². The lowest BCUT2D eigenvalue weighted by Crippen LogP contribution is -2.68. The summed E-state index contributed by atoms with van der Waals surface area (Å²) in [6, 6.07) is 14.5. The summed E-state index contributed by atoms with van der Waals surface area (Å²) in [5, 5.41) is 11.8. The van der Waals surface area contributed by atoms with Crippen LogP contribution >= 0.6 is 23.5 Å². The third kappa shape index (κ3) is 1.86. The molecule has 5 rings (SSSR count). The number of rotatable bonds is 2. The molecule has 2 aromatic heterocycles. The molecule has 0 radical (unpaired) electrons. The fourth-order valence-corrected chi connectivity index (χ4v) is 6.42. The Morgan fingerprint density at radius 3 is 2.19 bits per heavy atom. The molecule has 0 N–H and O–H groups in total. The molecule has 0 bridgehead atoms. The van der Waals surface area contributed by atoms with Gasteiger partial charge in [-0.15, -0.1) is 9.13 Å². The highest BCUT2D eigenvalue weighted by Gasteiger charge is 2.68. The summed E-state index contributed by atoms with van der Waals surface area (Å²) in [5.41, 5.74) is 2.42. The molecule has 2 aliphatic rings. The van der Waals surface area contributed by atoms with E-state index in [-0.39, 0.29) is 12.2 Å². The van der Waals surface area contributed by atoms with Gasteiger partial charge in [0.1, 0.15) is 6.07 Å². The SMILES string of the molecule is CCOC(=O)C(C#N)=C1SC2(S1)[n+]1cccc3ccc4ccc[n+]2c4c31. The molecule has 0 atom stereocenters. The van der Waals surface area contributed by atoms with Gasteiger partial charge in [0.05, 0.1) is 45.1 Å². The number of nitriles is 1. The average Bonchev–Trinajstić information content (AvgIpc) is 2.93. The van der Waals surface area contributed by atoms with E-state index < -0.39 is 10.3 Å². The summed E-state index contributed by atoms with van der Waals surface area (Å²) in [6.07, 6.45) is 4.12. The van der Waals surface area contributed by atoms with Crippen LogP contribution in [0.25, 0.3) is 21.8 Å². The smallest absolute Gasteiger partial charge is 0.462 e. The minimum Gasteiger partial charge on any atom is -0.462 e. The molecule has 1 fully saturated rings. The van der Waals surface area contributed by atoms with E-state index in [2.05, 4.69) is 45.8 Å². The van der Waals surface area contributed by atoms with Crippen LogP contribution in [0.3, 0.4) is 0 Å². The van der Waals surface area contributed by atoms with Crippen molar-refractivity contribution in [1.82, 2.24) is 0 Å². The molecule has 2 aliphatic heterocycles. The molecule has 0 aliphatic carbocycles. The number of pyridine rings is 2. The van der Waals surface area contributed by atoms with Gasteiger partial charge in [0.25, 0.3) is 11.0 Å². The molecule has 26 heavy (non-hydrogen) atoms. The van der Waals surface area contributed by atoms with Crippen molar-refractivity contribution in [1.29, 1.82) is 5.26 Å². The molecular formula is C19H13N3O2S2+2. The zero-order valence-electron chi connectivity index (χ0n) is 13.8. The highest BCUT2D eigenvalue weighted by Crippen LogP contribution is 2.61. The van der Waals surface area contributed by atoms with Crippen LogP contribution in [0.4, 0.5) is 0 Å². The number of ether oxygens (including phenoxy) is 1. The molecule has 5 nitrogen and oxygen atoms in total. The second kappa shape index (κ2) is 5.47. The minimum absolute atomic E-state index is 0.0870. The Kier molecular flexibility index (Phi) is 3.30. The topological polar surface area (TPSA) is 57.9 Å². The van der Waals surface area contributed by atoms with Crippen molar-refractivity contribution >= 4 is 51.3 Å². The Balaban J connectivity index is 1.70. The van der Waals surface area contributed by atoms with Crippen LogP contribution in [-0.4, -0.2) is 12.6 Å². The summed E-state index contributed by atoms with van der Waals surface area (Å²) in [4.78, 5) is 12.1. The van der Waals surface area contributed by atoms with Gasteiger partial charge >= 0.3 is 10.3 Å². The van der Waals surface area contributed by atoms with Crippen LogP contribution in [-0.2, 0) is 13.9 Å². The summed E-state index contributed by atoms with van der Waals surface area (Å²) >= 11 is 3.04. The van der Waals surface area contributed by atoms with Crippen molar-refractivity contribution in [3.05, 3.63) is 58.6 Å². The number of hydrogen-bond acceptors (Lipinski definition) is 5. The van der Waals surface area contributed by atoms with Crippen molar-refractivity contribution in [3.63, 3.8) is 0 Å². The van der Waals surface area contributed by atoms with Gasteiger partial charge in [0, 0.05) is 12.1 Å². The summed E-state index contributed by atoms with van der Waals surface area (Å²) < 4.78 is 9.72. The number of nitrogens with zero attached hydrogens (tertiary/aromatic N) is 3. The molecule has 3 aromatic rings. The number of hydrogen-bond donors (Lipinski definition) is 0. The van der Waals surface area contributed by atoms with Crippen LogP contribution in [0.5, 0.6) is 0 Å². The van der Waals surface area contributed by atoms with Crippen molar-refractivity contribution in [2.45, 2.75) is 11.3 Å². The van der Waals surface area contributed by atoms with Crippen LogP contribution < -0.4 is 9.13 Å². The zero-order chi connectivity index (χ0) is 17.9. The minimum atomic E-state index is -0.554. The average molecular weight is 379 g/mol. The van der Waals surface area contributed by atoms with Crippen LogP contribution in [0.1, 0.15) is 6.92 Å². The third-order valence-corrected chi connectivity index (χ3v) is 7.67. The monoisotopic (exact) mass is 379 g/mol. The van der Waals surface area contributed by atoms with Crippen LogP contribution in [0.2, 0.25) is 0 Å². The summed E-state index contributed by atoms with van der Waals surface area (Å²) in [5.74, 6) is -0.554. The number of benzene rings is 1. The molecule has 0 amide bonds. The summed E-state index contributed by atoms with van der Waals surface area (Å²) in [7, 11) is 0. The first kappa shape index (κ1) is 15.7. The van der Waals surface area contributed by atoms with Gasteiger partial charge in [-0.2, -0.15) is 5.26 Å². The van der Waals surface area contributed by atoms with Gasteiger partial charge in [0.2, 0.25) is 0 Å². The first-order valence-electron chi connectivity index (χ1n) is 8.18. The van der Waals surface area contributed by atoms with E-state index in [1.807, 2.05) is 18.2 Å². The van der Waals surface area contributed by atoms with Crippen molar-refractivity contribution < 1.29 is 18.7 Å². The molecular weight excluding hydrogens is 366 g/mol. The van der Waals surface area contributed by atoms with Gasteiger partial charge < -0.3 is 4.74 Å². The molecule has 1 spiro atoms. The third-order valence-electron chi connectivity index (χ3n) is 4.57. The van der Waals surface area contributed by atoms with Crippen LogP contribution in [0.15, 0.2) is 58.6 Å². The van der Waals surface area contributed by atoms with Gasteiger partial charge in [-0.3, -0.25) is 0 Å². The predicted octanol–water partition coefficient (Wildman–Crippen LogP) is 2.78. The van der Waals surface area contributed by atoms with Crippen LogP contribution in [0, 0.1) is 11.3 Å². The first-order valence-corrected chi connectivity index (χ1v) is 9.81. The highest BCUT2D eigenvalue weighted by molar-refractivity contribution is 8.37. The Hall–Kier alpha value is -2.56. The number of carbonyl (C=O) groups excluding carboxylic acids is 1. The lowest BCUT2D eigenvalue weighted by molar-refractivity contribution is -0.896. The maximum atomic E-state index is 12.1. The Bertz CT molecular complexity index is 1120. The maximum absolute atomic E-state index is 12.1. The Labute approximate surface area is 157 Å². The van der Waals surface area contributed by atoms with Crippen molar-refractivity contribution in [2.75, 3.05) is 6.61 Å². The molecule has 1 aromatic carbocycles. The predicted molar refractivity (Wildman–Crippen MR) is 99.7 cm³/mol. The number of thioether (sulfide) groups is 2. The van der Waals surface area contributed by atoms with E-state index in [1.165, 1.54) is 45.3 Å². The van der Waals surface area contributed by atoms with E-state index in [0.717, 1.165) is 0 Å². The summed E-state index contributed by atoms with van der Waals surface area (Å²) in [6.45, 7) is 1.99. The lowest BCUT2D eigenvalue weighted by atomic mass is 10.1. The molecule has 0 saturated carbocycles. The Morgan fingerprint density at radius 1 is 1.12 bits per heavy atom. The fourth-order valence-electron chi connectivity index (χ4n) is 3.51. The zero-order valence-corrected chi connectivity index (χ0v) is 15.4. The van der Waals surface area contributed by atoms with Crippen molar-refractivity contribution in [2.24, 2.45) is 0 Å². The number of esters is 1. The number of carbonyl (C=O) groups is 1. The van der Waals surface area contributed by atoms with Gasteiger partial charge in [-0.1, -0.05) is 0 Å². The quantitative estimate of drug-likeness (QED) is 0.225. The molecule has 0 unspecified atom stereocenters. The number of aromatic nitrogens is 2.